The Hall–Kier alpha value is -1.66. The number of rotatable bonds is 1. The van der Waals surface area contributed by atoms with Gasteiger partial charge in [0.2, 0.25) is 5.52 Å². The zero-order chi connectivity index (χ0) is 12.9. The minimum Gasteiger partial charge on any atom is -0.418 e. The molecular weight excluding hydrogens is 235 g/mol. The van der Waals surface area contributed by atoms with E-state index >= 15 is 0 Å². The number of hydrogen-bond acceptors (Lipinski definition) is 1. The molecule has 0 bridgehead atoms. The van der Waals surface area contributed by atoms with Crippen LogP contribution in [0.4, 0.5) is 17.3 Å². The average molecular weight is 246 g/mol. The Morgan fingerprint density at radius 1 is 1.18 bits per heavy atom. The Bertz CT molecular complexity index is 476. The SMILES string of the molecule is CC[n+]1ccnc2ccccc21.F[B-](F)(F)F. The van der Waals surface area contributed by atoms with Gasteiger partial charge in [-0.3, -0.25) is 0 Å². The van der Waals surface area contributed by atoms with Gasteiger partial charge in [-0.25, -0.2) is 4.98 Å². The van der Waals surface area contributed by atoms with E-state index in [4.69, 9.17) is 0 Å². The van der Waals surface area contributed by atoms with Gasteiger partial charge in [0.05, 0.1) is 6.20 Å². The van der Waals surface area contributed by atoms with E-state index in [1.807, 2.05) is 30.6 Å². The van der Waals surface area contributed by atoms with Crippen molar-refractivity contribution in [3.63, 3.8) is 0 Å². The van der Waals surface area contributed by atoms with Crippen LogP contribution in [0.1, 0.15) is 6.92 Å². The fourth-order valence-electron chi connectivity index (χ4n) is 1.37. The Labute approximate surface area is 96.0 Å². The summed E-state index contributed by atoms with van der Waals surface area (Å²) >= 11 is 0. The van der Waals surface area contributed by atoms with Crippen LogP contribution in [0.2, 0.25) is 0 Å². The van der Waals surface area contributed by atoms with Crippen molar-refractivity contribution in [2.24, 2.45) is 0 Å². The molecule has 0 radical (unpaired) electrons. The van der Waals surface area contributed by atoms with Crippen molar-refractivity contribution in [2.45, 2.75) is 13.5 Å². The maximum Gasteiger partial charge on any atom is 0.673 e. The van der Waals surface area contributed by atoms with E-state index in [9.17, 15) is 17.3 Å². The molecule has 0 aliphatic heterocycles. The molecule has 2 aromatic rings. The minimum absolute atomic E-state index is 0.989. The second-order valence-corrected chi connectivity index (χ2v) is 3.20. The molecule has 17 heavy (non-hydrogen) atoms. The lowest BCUT2D eigenvalue weighted by atomic mass is 10.3. The van der Waals surface area contributed by atoms with Gasteiger partial charge in [-0.2, -0.15) is 4.57 Å². The van der Waals surface area contributed by atoms with Crippen LogP contribution in [0.5, 0.6) is 0 Å². The van der Waals surface area contributed by atoms with Crippen LogP contribution in [-0.4, -0.2) is 12.2 Å². The maximum absolute atomic E-state index is 9.75. The quantitative estimate of drug-likeness (QED) is 0.429. The molecule has 0 saturated heterocycles. The smallest absolute Gasteiger partial charge is 0.418 e. The van der Waals surface area contributed by atoms with Crippen LogP contribution in [0, 0.1) is 0 Å². The summed E-state index contributed by atoms with van der Waals surface area (Å²) in [4.78, 5) is 4.27. The summed E-state index contributed by atoms with van der Waals surface area (Å²) in [6.07, 6.45) is 3.84. The molecular formula is C10H11BF4N2. The molecule has 0 N–H and O–H groups in total. The van der Waals surface area contributed by atoms with E-state index in [0.29, 0.717) is 0 Å². The van der Waals surface area contributed by atoms with Gasteiger partial charge in [0, 0.05) is 6.07 Å². The molecule has 0 saturated carbocycles. The summed E-state index contributed by atoms with van der Waals surface area (Å²) < 4.78 is 41.2. The van der Waals surface area contributed by atoms with Crippen LogP contribution in [0.3, 0.4) is 0 Å². The standard InChI is InChI=1S/C10H11N2.BF4/c1-2-12-8-7-11-9-5-3-4-6-10(9)12;2-1(3,4)5/h3-8H,2H2,1H3;/q+1;-1. The van der Waals surface area contributed by atoms with Gasteiger partial charge < -0.3 is 17.3 Å². The topological polar surface area (TPSA) is 16.8 Å². The number of para-hydroxylation sites is 2. The van der Waals surface area contributed by atoms with Crippen molar-refractivity contribution in [2.75, 3.05) is 0 Å². The maximum atomic E-state index is 9.75. The summed E-state index contributed by atoms with van der Waals surface area (Å²) in [5.74, 6) is 0. The van der Waals surface area contributed by atoms with Gasteiger partial charge in [-0.1, -0.05) is 12.1 Å². The van der Waals surface area contributed by atoms with Gasteiger partial charge in [0.25, 0.3) is 0 Å². The minimum atomic E-state index is -6.00. The Balaban J connectivity index is 0.000000249. The molecule has 0 amide bonds. The summed E-state index contributed by atoms with van der Waals surface area (Å²) in [7, 11) is -6.00. The lowest BCUT2D eigenvalue weighted by Crippen LogP contribution is -2.32. The molecule has 1 aromatic heterocycles. The third-order valence-electron chi connectivity index (χ3n) is 1.99. The molecule has 0 aliphatic carbocycles. The third kappa shape index (κ3) is 4.80. The largest absolute Gasteiger partial charge is 0.673 e. The molecule has 0 unspecified atom stereocenters. The van der Waals surface area contributed by atoms with E-state index in [0.717, 1.165) is 12.1 Å². The summed E-state index contributed by atoms with van der Waals surface area (Å²) in [6, 6.07) is 8.17. The van der Waals surface area contributed by atoms with Crippen LogP contribution < -0.4 is 4.57 Å². The normalized spacial score (nSPS) is 10.9. The van der Waals surface area contributed by atoms with Crippen molar-refractivity contribution in [3.05, 3.63) is 36.7 Å². The zero-order valence-electron chi connectivity index (χ0n) is 9.15. The number of nitrogens with zero attached hydrogens (tertiary/aromatic N) is 2. The van der Waals surface area contributed by atoms with Gasteiger partial charge in [0.15, 0.2) is 6.20 Å². The van der Waals surface area contributed by atoms with Gasteiger partial charge >= 0.3 is 7.25 Å². The van der Waals surface area contributed by atoms with E-state index in [2.05, 4.69) is 22.5 Å². The first-order valence-corrected chi connectivity index (χ1v) is 5.02. The Kier molecular flexibility index (Phi) is 4.42. The number of aromatic nitrogens is 2. The van der Waals surface area contributed by atoms with E-state index in [1.165, 1.54) is 5.52 Å². The van der Waals surface area contributed by atoms with Gasteiger partial charge in [-0.15, -0.1) is 0 Å². The third-order valence-corrected chi connectivity index (χ3v) is 1.99. The highest BCUT2D eigenvalue weighted by Crippen LogP contribution is 2.06. The molecule has 2 rings (SSSR count). The highest BCUT2D eigenvalue weighted by atomic mass is 19.5. The molecule has 1 aromatic carbocycles. The zero-order valence-corrected chi connectivity index (χ0v) is 9.15. The van der Waals surface area contributed by atoms with Crippen molar-refractivity contribution >= 4 is 18.3 Å². The molecule has 0 spiro atoms. The fourth-order valence-corrected chi connectivity index (χ4v) is 1.37. The van der Waals surface area contributed by atoms with Crippen LogP contribution in [0.25, 0.3) is 11.0 Å². The first-order valence-electron chi connectivity index (χ1n) is 5.02. The van der Waals surface area contributed by atoms with Crippen LogP contribution >= 0.6 is 0 Å². The predicted octanol–water partition coefficient (Wildman–Crippen LogP) is 2.84. The van der Waals surface area contributed by atoms with Crippen LogP contribution in [-0.2, 0) is 6.54 Å². The fraction of sp³-hybridized carbons (Fsp3) is 0.200. The Morgan fingerprint density at radius 2 is 1.76 bits per heavy atom. The van der Waals surface area contributed by atoms with E-state index < -0.39 is 7.25 Å². The summed E-state index contributed by atoms with van der Waals surface area (Å²) in [6.45, 7) is 3.12. The molecule has 0 fully saturated rings. The molecule has 7 heteroatoms. The number of fused-ring (bicyclic) bond motifs is 1. The first kappa shape index (κ1) is 13.4. The summed E-state index contributed by atoms with van der Waals surface area (Å²) in [5, 5.41) is 0. The average Bonchev–Trinajstić information content (AvgIpc) is 2.26. The highest BCUT2D eigenvalue weighted by Gasteiger charge is 2.20. The lowest BCUT2D eigenvalue weighted by Gasteiger charge is -1.95. The second kappa shape index (κ2) is 5.61. The molecule has 2 nitrogen and oxygen atoms in total. The van der Waals surface area contributed by atoms with Gasteiger partial charge in [0.1, 0.15) is 12.1 Å². The number of aryl methyl sites for hydroxylation is 1. The molecule has 0 aliphatic rings. The van der Waals surface area contributed by atoms with Crippen LogP contribution in [0.15, 0.2) is 36.7 Å². The van der Waals surface area contributed by atoms with Crippen molar-refractivity contribution < 1.29 is 21.8 Å². The predicted molar refractivity (Wildman–Crippen MR) is 57.8 cm³/mol. The molecule has 0 atom stereocenters. The van der Waals surface area contributed by atoms with Gasteiger partial charge in [-0.05, 0) is 13.0 Å². The van der Waals surface area contributed by atoms with E-state index in [1.54, 1.807) is 0 Å². The van der Waals surface area contributed by atoms with Crippen molar-refractivity contribution in [1.82, 2.24) is 4.98 Å². The number of benzene rings is 1. The van der Waals surface area contributed by atoms with Crippen molar-refractivity contribution in [1.29, 1.82) is 0 Å². The second-order valence-electron chi connectivity index (χ2n) is 3.20. The van der Waals surface area contributed by atoms with Crippen molar-refractivity contribution in [3.8, 4) is 0 Å². The monoisotopic (exact) mass is 246 g/mol. The summed E-state index contributed by atoms with van der Waals surface area (Å²) in [5.41, 5.74) is 2.25. The Morgan fingerprint density at radius 3 is 2.35 bits per heavy atom. The molecule has 92 valence electrons. The highest BCUT2D eigenvalue weighted by molar-refractivity contribution is 6.50. The molecule has 1 heterocycles. The number of halogens is 4. The lowest BCUT2D eigenvalue weighted by molar-refractivity contribution is -0.668. The first-order chi connectivity index (χ1) is 7.92. The number of hydrogen-bond donors (Lipinski definition) is 0. The van der Waals surface area contributed by atoms with E-state index in [-0.39, 0.29) is 0 Å².